The highest BCUT2D eigenvalue weighted by Gasteiger charge is 1.95. The molecule has 0 saturated carbocycles. The Hall–Kier alpha value is -2.28. The molecular formula is C11H10N2O2. The van der Waals surface area contributed by atoms with E-state index in [1.54, 1.807) is 24.3 Å². The van der Waals surface area contributed by atoms with Crippen molar-refractivity contribution >= 4 is 18.0 Å². The Kier molecular flexibility index (Phi) is 3.92. The van der Waals surface area contributed by atoms with Crippen LogP contribution >= 0.6 is 0 Å². The Morgan fingerprint density at radius 1 is 1.53 bits per heavy atom. The number of amides is 2. The zero-order valence-electron chi connectivity index (χ0n) is 7.99. The molecule has 0 unspecified atom stereocenters. The summed E-state index contributed by atoms with van der Waals surface area (Å²) in [6.07, 6.45) is 0.936. The first-order chi connectivity index (χ1) is 7.22. The fourth-order valence-electron chi connectivity index (χ4n) is 1.01. The van der Waals surface area contributed by atoms with E-state index in [4.69, 9.17) is 5.73 Å². The highest BCUT2D eigenvalue weighted by Crippen LogP contribution is 2.08. The first kappa shape index (κ1) is 10.8. The van der Waals surface area contributed by atoms with Crippen LogP contribution in [0.4, 0.5) is 10.5 Å². The standard InChI is InChI=1S/C11H10N2O2/c12-11(15)13-10-6-3-5-9(8-10)4-1-2-7-14/h3,5-8H,2H2,(H3,12,13,15). The maximum atomic E-state index is 10.6. The highest BCUT2D eigenvalue weighted by molar-refractivity contribution is 5.87. The summed E-state index contributed by atoms with van der Waals surface area (Å²) in [5, 5.41) is 2.44. The van der Waals surface area contributed by atoms with Gasteiger partial charge >= 0.3 is 6.03 Å². The number of carbonyl (C=O) groups excluding carboxylic acids is 2. The van der Waals surface area contributed by atoms with Gasteiger partial charge in [0.1, 0.15) is 6.29 Å². The summed E-state index contributed by atoms with van der Waals surface area (Å²) < 4.78 is 0. The molecule has 0 atom stereocenters. The molecule has 0 saturated heterocycles. The van der Waals surface area contributed by atoms with Gasteiger partial charge in [-0.15, -0.1) is 0 Å². The van der Waals surface area contributed by atoms with Crippen molar-refractivity contribution < 1.29 is 9.59 Å². The number of aldehydes is 1. The third-order valence-electron chi connectivity index (χ3n) is 1.55. The lowest BCUT2D eigenvalue weighted by atomic mass is 10.2. The van der Waals surface area contributed by atoms with Gasteiger partial charge < -0.3 is 15.8 Å². The molecule has 0 aliphatic carbocycles. The number of primary amides is 1. The van der Waals surface area contributed by atoms with Crippen LogP contribution in [0.5, 0.6) is 0 Å². The normalized spacial score (nSPS) is 8.53. The van der Waals surface area contributed by atoms with Gasteiger partial charge in [-0.1, -0.05) is 17.9 Å². The number of benzene rings is 1. The fourth-order valence-corrected chi connectivity index (χ4v) is 1.01. The maximum absolute atomic E-state index is 10.6. The van der Waals surface area contributed by atoms with E-state index in [0.717, 1.165) is 11.8 Å². The van der Waals surface area contributed by atoms with Crippen molar-refractivity contribution in [3.63, 3.8) is 0 Å². The predicted octanol–water partition coefficient (Wildman–Crippen LogP) is 1.12. The number of anilines is 1. The van der Waals surface area contributed by atoms with Crippen molar-refractivity contribution in [1.29, 1.82) is 0 Å². The molecule has 1 aromatic carbocycles. The number of nitrogens with two attached hydrogens (primary N) is 1. The van der Waals surface area contributed by atoms with Crippen LogP contribution in [0.3, 0.4) is 0 Å². The SMILES string of the molecule is NC(=O)Nc1cccc(C#CCC=O)c1. The van der Waals surface area contributed by atoms with E-state index in [1.807, 2.05) is 0 Å². The summed E-state index contributed by atoms with van der Waals surface area (Å²) in [4.78, 5) is 20.6. The topological polar surface area (TPSA) is 72.2 Å². The molecule has 1 rings (SSSR count). The number of carbonyl (C=O) groups is 2. The van der Waals surface area contributed by atoms with Crippen LogP contribution in [-0.4, -0.2) is 12.3 Å². The third kappa shape index (κ3) is 3.96. The molecule has 4 heteroatoms. The number of urea groups is 1. The van der Waals surface area contributed by atoms with Crippen LogP contribution in [0.25, 0.3) is 0 Å². The summed E-state index contributed by atoms with van der Waals surface area (Å²) >= 11 is 0. The van der Waals surface area contributed by atoms with Crippen molar-refractivity contribution in [3.8, 4) is 11.8 Å². The largest absolute Gasteiger partial charge is 0.351 e. The van der Waals surface area contributed by atoms with Gasteiger partial charge in [0, 0.05) is 11.3 Å². The van der Waals surface area contributed by atoms with Gasteiger partial charge in [0.2, 0.25) is 0 Å². The zero-order chi connectivity index (χ0) is 11.1. The average Bonchev–Trinajstić information content (AvgIpc) is 2.18. The minimum atomic E-state index is -0.618. The van der Waals surface area contributed by atoms with E-state index >= 15 is 0 Å². The summed E-state index contributed by atoms with van der Waals surface area (Å²) in [5.74, 6) is 5.46. The number of hydrogen-bond acceptors (Lipinski definition) is 2. The van der Waals surface area contributed by atoms with Crippen LogP contribution in [-0.2, 0) is 4.79 Å². The lowest BCUT2D eigenvalue weighted by Crippen LogP contribution is -2.19. The van der Waals surface area contributed by atoms with Crippen molar-refractivity contribution in [1.82, 2.24) is 0 Å². The second kappa shape index (κ2) is 5.45. The first-order valence-electron chi connectivity index (χ1n) is 4.31. The molecule has 0 aliphatic rings. The van der Waals surface area contributed by atoms with Gasteiger partial charge in [-0.3, -0.25) is 0 Å². The van der Waals surface area contributed by atoms with Gasteiger partial charge in [0.25, 0.3) is 0 Å². The van der Waals surface area contributed by atoms with Gasteiger partial charge in [0.05, 0.1) is 6.42 Å². The Labute approximate surface area is 87.5 Å². The zero-order valence-corrected chi connectivity index (χ0v) is 7.99. The van der Waals surface area contributed by atoms with Crippen LogP contribution in [0, 0.1) is 11.8 Å². The molecule has 1 aromatic rings. The molecule has 0 radical (unpaired) electrons. The molecule has 3 N–H and O–H groups in total. The Morgan fingerprint density at radius 2 is 2.33 bits per heavy atom. The van der Waals surface area contributed by atoms with Crippen LogP contribution in [0.15, 0.2) is 24.3 Å². The van der Waals surface area contributed by atoms with Gasteiger partial charge in [-0.25, -0.2) is 4.79 Å². The van der Waals surface area contributed by atoms with Crippen molar-refractivity contribution in [2.45, 2.75) is 6.42 Å². The van der Waals surface area contributed by atoms with Gasteiger partial charge in [-0.05, 0) is 18.2 Å². The Bertz CT molecular complexity index is 430. The van der Waals surface area contributed by atoms with Crippen LogP contribution in [0.2, 0.25) is 0 Å². The van der Waals surface area contributed by atoms with Crippen molar-refractivity contribution in [2.24, 2.45) is 5.73 Å². The molecule has 76 valence electrons. The van der Waals surface area contributed by atoms with E-state index in [1.165, 1.54) is 0 Å². The predicted molar refractivity (Wildman–Crippen MR) is 57.2 cm³/mol. The Balaban J connectivity index is 2.79. The minimum Gasteiger partial charge on any atom is -0.351 e. The first-order valence-corrected chi connectivity index (χ1v) is 4.31. The molecule has 0 heterocycles. The van der Waals surface area contributed by atoms with E-state index in [2.05, 4.69) is 17.2 Å². The van der Waals surface area contributed by atoms with Crippen LogP contribution < -0.4 is 11.1 Å². The van der Waals surface area contributed by atoms with E-state index in [-0.39, 0.29) is 6.42 Å². The molecule has 0 aromatic heterocycles. The molecule has 15 heavy (non-hydrogen) atoms. The monoisotopic (exact) mass is 202 g/mol. The molecular weight excluding hydrogens is 192 g/mol. The van der Waals surface area contributed by atoms with Crippen LogP contribution in [0.1, 0.15) is 12.0 Å². The molecule has 0 fully saturated rings. The molecule has 0 aliphatic heterocycles. The minimum absolute atomic E-state index is 0.202. The smallest absolute Gasteiger partial charge is 0.316 e. The molecule has 2 amide bonds. The maximum Gasteiger partial charge on any atom is 0.316 e. The number of rotatable bonds is 2. The van der Waals surface area contributed by atoms with Gasteiger partial charge in [-0.2, -0.15) is 0 Å². The quantitative estimate of drug-likeness (QED) is 0.557. The summed E-state index contributed by atoms with van der Waals surface area (Å²) in [7, 11) is 0. The lowest BCUT2D eigenvalue weighted by molar-refractivity contribution is -0.107. The number of hydrogen-bond donors (Lipinski definition) is 2. The Morgan fingerprint density at radius 3 is 3.00 bits per heavy atom. The second-order valence-corrected chi connectivity index (χ2v) is 2.74. The fraction of sp³-hybridized carbons (Fsp3) is 0.0909. The summed E-state index contributed by atoms with van der Waals surface area (Å²) in [6, 6.07) is 6.30. The average molecular weight is 202 g/mol. The lowest BCUT2D eigenvalue weighted by Gasteiger charge is -2.00. The van der Waals surface area contributed by atoms with Crippen molar-refractivity contribution in [3.05, 3.63) is 29.8 Å². The highest BCUT2D eigenvalue weighted by atomic mass is 16.2. The van der Waals surface area contributed by atoms with E-state index in [0.29, 0.717) is 5.69 Å². The third-order valence-corrected chi connectivity index (χ3v) is 1.55. The van der Waals surface area contributed by atoms with Crippen molar-refractivity contribution in [2.75, 3.05) is 5.32 Å². The molecule has 0 bridgehead atoms. The molecule has 4 nitrogen and oxygen atoms in total. The summed E-state index contributed by atoms with van der Waals surface area (Å²) in [5.41, 5.74) is 6.27. The molecule has 0 spiro atoms. The second-order valence-electron chi connectivity index (χ2n) is 2.74. The van der Waals surface area contributed by atoms with E-state index < -0.39 is 6.03 Å². The van der Waals surface area contributed by atoms with E-state index in [9.17, 15) is 9.59 Å². The van der Waals surface area contributed by atoms with Gasteiger partial charge in [0.15, 0.2) is 0 Å². The summed E-state index contributed by atoms with van der Waals surface area (Å²) in [6.45, 7) is 0. The number of nitrogens with one attached hydrogen (secondary N) is 1.